The summed E-state index contributed by atoms with van der Waals surface area (Å²) < 4.78 is 16.8. The standard InChI is InChI=1S/C18H25NO4/c1-3-21-12-18(20)19(15-6-7-15)13(2)14-5-8-16-17(11-14)23-10-4-9-22-16/h5,8,11,13,15H,3-4,6-7,9-10,12H2,1-2H3/t13-/m1/s1. The molecule has 5 heteroatoms. The quantitative estimate of drug-likeness (QED) is 0.809. The van der Waals surface area contributed by atoms with Gasteiger partial charge in [0.2, 0.25) is 5.91 Å². The Morgan fingerprint density at radius 2 is 2.04 bits per heavy atom. The van der Waals surface area contributed by atoms with Crippen LogP contribution in [0.1, 0.15) is 44.7 Å². The molecule has 1 saturated carbocycles. The van der Waals surface area contributed by atoms with Crippen molar-refractivity contribution < 1.29 is 19.0 Å². The van der Waals surface area contributed by atoms with Gasteiger partial charge in [-0.3, -0.25) is 4.79 Å². The van der Waals surface area contributed by atoms with Gasteiger partial charge in [-0.2, -0.15) is 0 Å². The molecular weight excluding hydrogens is 294 g/mol. The van der Waals surface area contributed by atoms with Crippen molar-refractivity contribution in [2.75, 3.05) is 26.4 Å². The first kappa shape index (κ1) is 16.1. The third kappa shape index (κ3) is 3.78. The minimum atomic E-state index is 0.00705. The van der Waals surface area contributed by atoms with Gasteiger partial charge in [0.15, 0.2) is 11.5 Å². The van der Waals surface area contributed by atoms with Crippen molar-refractivity contribution in [3.8, 4) is 11.5 Å². The van der Waals surface area contributed by atoms with Crippen LogP contribution < -0.4 is 9.47 Å². The van der Waals surface area contributed by atoms with Crippen LogP contribution in [0, 0.1) is 0 Å². The predicted octanol–water partition coefficient (Wildman–Crippen LogP) is 2.94. The Morgan fingerprint density at radius 3 is 2.74 bits per heavy atom. The molecule has 0 N–H and O–H groups in total. The topological polar surface area (TPSA) is 48.0 Å². The molecule has 1 fully saturated rings. The summed E-state index contributed by atoms with van der Waals surface area (Å²) in [6.07, 6.45) is 3.04. The Hall–Kier alpha value is -1.75. The Bertz CT molecular complexity index is 556. The van der Waals surface area contributed by atoms with E-state index >= 15 is 0 Å². The lowest BCUT2D eigenvalue weighted by atomic mass is 10.1. The molecule has 0 aromatic heterocycles. The van der Waals surface area contributed by atoms with Crippen LogP contribution in [-0.4, -0.2) is 43.3 Å². The summed E-state index contributed by atoms with van der Waals surface area (Å²) in [7, 11) is 0. The number of ether oxygens (including phenoxy) is 3. The van der Waals surface area contributed by atoms with E-state index in [1.54, 1.807) is 0 Å². The van der Waals surface area contributed by atoms with Gasteiger partial charge in [-0.1, -0.05) is 6.07 Å². The van der Waals surface area contributed by atoms with Crippen LogP contribution in [0.15, 0.2) is 18.2 Å². The summed E-state index contributed by atoms with van der Waals surface area (Å²) in [6.45, 7) is 6.04. The predicted molar refractivity (Wildman–Crippen MR) is 86.8 cm³/mol. The van der Waals surface area contributed by atoms with E-state index in [1.807, 2.05) is 30.0 Å². The number of amides is 1. The maximum Gasteiger partial charge on any atom is 0.249 e. The summed E-state index contributed by atoms with van der Waals surface area (Å²) in [5, 5.41) is 0. The van der Waals surface area contributed by atoms with Crippen LogP contribution in [0.4, 0.5) is 0 Å². The number of hydrogen-bond donors (Lipinski definition) is 0. The second kappa shape index (κ2) is 7.21. The maximum absolute atomic E-state index is 12.5. The minimum Gasteiger partial charge on any atom is -0.490 e. The zero-order valence-electron chi connectivity index (χ0n) is 13.9. The van der Waals surface area contributed by atoms with Crippen LogP contribution in [0.25, 0.3) is 0 Å². The summed E-state index contributed by atoms with van der Waals surface area (Å²) in [5.74, 6) is 1.63. The first-order valence-electron chi connectivity index (χ1n) is 8.49. The van der Waals surface area contributed by atoms with Gasteiger partial charge in [0.1, 0.15) is 6.61 Å². The van der Waals surface area contributed by atoms with Crippen molar-refractivity contribution in [1.82, 2.24) is 4.90 Å². The minimum absolute atomic E-state index is 0.00705. The monoisotopic (exact) mass is 319 g/mol. The Balaban J connectivity index is 1.78. The SMILES string of the molecule is CCOCC(=O)N(C1CC1)[C@H](C)c1ccc2c(c1)OCCCO2. The highest BCUT2D eigenvalue weighted by molar-refractivity contribution is 5.78. The molecule has 0 radical (unpaired) electrons. The highest BCUT2D eigenvalue weighted by atomic mass is 16.5. The van der Waals surface area contributed by atoms with Crippen molar-refractivity contribution in [2.45, 2.75) is 45.2 Å². The Labute approximate surface area is 137 Å². The molecule has 1 aromatic carbocycles. The smallest absolute Gasteiger partial charge is 0.249 e. The average molecular weight is 319 g/mol. The maximum atomic E-state index is 12.5. The molecule has 1 aliphatic heterocycles. The van der Waals surface area contributed by atoms with Gasteiger partial charge < -0.3 is 19.1 Å². The molecule has 1 aliphatic carbocycles. The van der Waals surface area contributed by atoms with E-state index < -0.39 is 0 Å². The van der Waals surface area contributed by atoms with Gasteiger partial charge in [-0.15, -0.1) is 0 Å². The number of carbonyl (C=O) groups is 1. The van der Waals surface area contributed by atoms with E-state index in [2.05, 4.69) is 6.92 Å². The molecule has 2 aliphatic rings. The lowest BCUT2D eigenvalue weighted by molar-refractivity contribution is -0.138. The van der Waals surface area contributed by atoms with E-state index in [-0.39, 0.29) is 18.6 Å². The molecular formula is C18H25NO4. The summed E-state index contributed by atoms with van der Waals surface area (Å²) in [6, 6.07) is 6.34. The number of carbonyl (C=O) groups excluding carboxylic acids is 1. The van der Waals surface area contributed by atoms with E-state index in [0.717, 1.165) is 36.3 Å². The van der Waals surface area contributed by atoms with Gasteiger partial charge in [0.25, 0.3) is 0 Å². The van der Waals surface area contributed by atoms with E-state index in [1.165, 1.54) is 0 Å². The van der Waals surface area contributed by atoms with Crippen LogP contribution >= 0.6 is 0 Å². The summed E-state index contributed by atoms with van der Waals surface area (Å²) >= 11 is 0. The largest absolute Gasteiger partial charge is 0.490 e. The van der Waals surface area contributed by atoms with Crippen LogP contribution in [-0.2, 0) is 9.53 Å². The van der Waals surface area contributed by atoms with Gasteiger partial charge >= 0.3 is 0 Å². The second-order valence-electron chi connectivity index (χ2n) is 6.10. The molecule has 3 rings (SSSR count). The molecule has 0 bridgehead atoms. The fraction of sp³-hybridized carbons (Fsp3) is 0.611. The van der Waals surface area contributed by atoms with Crippen molar-refractivity contribution >= 4 is 5.91 Å². The number of hydrogen-bond acceptors (Lipinski definition) is 4. The zero-order chi connectivity index (χ0) is 16.2. The van der Waals surface area contributed by atoms with Crippen LogP contribution in [0.5, 0.6) is 11.5 Å². The molecule has 0 unspecified atom stereocenters. The molecule has 0 saturated heterocycles. The normalized spacial score (nSPS) is 18.2. The second-order valence-corrected chi connectivity index (χ2v) is 6.10. The third-order valence-electron chi connectivity index (χ3n) is 4.33. The molecule has 23 heavy (non-hydrogen) atoms. The summed E-state index contributed by atoms with van der Waals surface area (Å²) in [4.78, 5) is 14.5. The number of rotatable bonds is 6. The van der Waals surface area contributed by atoms with Crippen molar-refractivity contribution in [3.63, 3.8) is 0 Å². The van der Waals surface area contributed by atoms with E-state index in [9.17, 15) is 4.79 Å². The molecule has 5 nitrogen and oxygen atoms in total. The van der Waals surface area contributed by atoms with E-state index in [0.29, 0.717) is 25.9 Å². The highest BCUT2D eigenvalue weighted by Crippen LogP contribution is 2.38. The molecule has 1 atom stereocenters. The van der Waals surface area contributed by atoms with Crippen molar-refractivity contribution in [2.24, 2.45) is 0 Å². The first-order valence-corrected chi connectivity index (χ1v) is 8.49. The third-order valence-corrected chi connectivity index (χ3v) is 4.33. The Morgan fingerprint density at radius 1 is 1.30 bits per heavy atom. The Kier molecular flexibility index (Phi) is 5.06. The van der Waals surface area contributed by atoms with Gasteiger partial charge in [-0.25, -0.2) is 0 Å². The molecule has 1 aromatic rings. The van der Waals surface area contributed by atoms with Crippen LogP contribution in [0.3, 0.4) is 0 Å². The molecule has 126 valence electrons. The molecule has 0 spiro atoms. The van der Waals surface area contributed by atoms with Crippen LogP contribution in [0.2, 0.25) is 0 Å². The van der Waals surface area contributed by atoms with Gasteiger partial charge in [0.05, 0.1) is 19.3 Å². The summed E-state index contributed by atoms with van der Waals surface area (Å²) in [5.41, 5.74) is 1.07. The fourth-order valence-electron chi connectivity index (χ4n) is 2.95. The number of nitrogens with zero attached hydrogens (tertiary/aromatic N) is 1. The fourth-order valence-corrected chi connectivity index (χ4v) is 2.95. The lowest BCUT2D eigenvalue weighted by Gasteiger charge is -2.30. The highest BCUT2D eigenvalue weighted by Gasteiger charge is 2.36. The zero-order valence-corrected chi connectivity index (χ0v) is 13.9. The first-order chi connectivity index (χ1) is 11.2. The average Bonchev–Trinajstić information content (AvgIpc) is 3.39. The van der Waals surface area contributed by atoms with E-state index in [4.69, 9.17) is 14.2 Å². The molecule has 1 heterocycles. The van der Waals surface area contributed by atoms with Crippen molar-refractivity contribution in [1.29, 1.82) is 0 Å². The number of benzene rings is 1. The van der Waals surface area contributed by atoms with Gasteiger partial charge in [-0.05, 0) is 44.4 Å². The number of fused-ring (bicyclic) bond motifs is 1. The van der Waals surface area contributed by atoms with Gasteiger partial charge in [0, 0.05) is 19.1 Å². The lowest BCUT2D eigenvalue weighted by Crippen LogP contribution is -2.38. The van der Waals surface area contributed by atoms with Crippen molar-refractivity contribution in [3.05, 3.63) is 23.8 Å². The molecule has 1 amide bonds.